The van der Waals surface area contributed by atoms with E-state index in [0.29, 0.717) is 12.8 Å². The van der Waals surface area contributed by atoms with Gasteiger partial charge in [0.05, 0.1) is 16.9 Å². The number of piperidine rings is 1. The van der Waals surface area contributed by atoms with Crippen molar-refractivity contribution < 1.29 is 45.5 Å². The molecule has 0 radical (unpaired) electrons. The molecule has 1 atom stereocenters. The number of nitrogens with zero attached hydrogens (tertiary/aromatic N) is 1. The van der Waals surface area contributed by atoms with Crippen LogP contribution in [0.4, 0.5) is 32.4 Å². The minimum atomic E-state index is -4.97. The van der Waals surface area contributed by atoms with E-state index >= 15 is 4.39 Å². The molecular weight excluding hydrogens is 598 g/mol. The van der Waals surface area contributed by atoms with Gasteiger partial charge in [0.1, 0.15) is 22.6 Å². The summed E-state index contributed by atoms with van der Waals surface area (Å²) in [4.78, 5) is 13.8. The Morgan fingerprint density at radius 2 is 1.71 bits per heavy atom. The third kappa shape index (κ3) is 8.29. The molecule has 2 aliphatic heterocycles. The molecule has 0 aliphatic carbocycles. The number of anilines is 1. The quantitative estimate of drug-likeness (QED) is 0.243. The van der Waals surface area contributed by atoms with Crippen molar-refractivity contribution >= 4 is 25.0 Å². The summed E-state index contributed by atoms with van der Waals surface area (Å²) in [6, 6.07) is 7.48. The number of benzene rings is 2. The molecule has 2 aliphatic rings. The first-order chi connectivity index (χ1) is 20.8. The van der Waals surface area contributed by atoms with Gasteiger partial charge in [-0.1, -0.05) is 12.1 Å². The summed E-state index contributed by atoms with van der Waals surface area (Å²) in [6.45, 7) is 12.6. The number of para-hydroxylation sites is 1. The second kappa shape index (κ2) is 12.8. The maximum Gasteiger partial charge on any atom is 0.525 e. The second-order valence-electron chi connectivity index (χ2n) is 13.4. The molecule has 0 unspecified atom stereocenters. The molecule has 246 valence electrons. The van der Waals surface area contributed by atoms with Crippen molar-refractivity contribution in [2.75, 3.05) is 24.5 Å². The van der Waals surface area contributed by atoms with Gasteiger partial charge in [-0.3, -0.25) is 0 Å². The number of carbonyl (C=O) groups excluding carboxylic acids is 1. The number of alkyl carbamates (subject to hydrolysis) is 1. The fraction of sp³-hybridized carbons (Fsp3) is 0.531. The van der Waals surface area contributed by atoms with Crippen LogP contribution in [0.15, 0.2) is 42.1 Å². The van der Waals surface area contributed by atoms with Crippen LogP contribution in [0.5, 0.6) is 11.5 Å². The van der Waals surface area contributed by atoms with Crippen molar-refractivity contribution in [3.8, 4) is 11.5 Å². The molecule has 2 saturated heterocycles. The minimum absolute atomic E-state index is 0.0869. The van der Waals surface area contributed by atoms with Crippen molar-refractivity contribution in [2.24, 2.45) is 5.92 Å². The highest BCUT2D eigenvalue weighted by Crippen LogP contribution is 2.48. The number of rotatable bonds is 7. The largest absolute Gasteiger partial charge is 0.525 e. The van der Waals surface area contributed by atoms with E-state index < -0.39 is 64.8 Å². The summed E-state index contributed by atoms with van der Waals surface area (Å²) in [5.74, 6) is -2.11. The topological polar surface area (TPSA) is 69.3 Å². The van der Waals surface area contributed by atoms with Gasteiger partial charge >= 0.3 is 19.4 Å². The molecule has 45 heavy (non-hydrogen) atoms. The van der Waals surface area contributed by atoms with Crippen LogP contribution >= 0.6 is 0 Å². The standard InChI is InChI=1S/C32H40BF5N2O5/c1-29(2,3)43-28(41)39-18-20-11-10-16-40(19-20)27-21(17-25(35)33-44-30(4,5)31(6,7)45-33)14-15-24(26(27)32(36,37)38)42-23-13-9-8-12-22(23)34/h8-9,12-15,17,20H,10-11,16,18-19H2,1-7H3,(H,39,41)/b25-17-/t20-/m0/s1. The van der Waals surface area contributed by atoms with Gasteiger partial charge in [0.25, 0.3) is 0 Å². The number of amides is 1. The Hall–Kier alpha value is -3.32. The predicted octanol–water partition coefficient (Wildman–Crippen LogP) is 8.32. The van der Waals surface area contributed by atoms with Crippen LogP contribution in [0.25, 0.3) is 6.08 Å². The fourth-order valence-electron chi connectivity index (χ4n) is 5.20. The highest BCUT2D eigenvalue weighted by atomic mass is 19.4. The van der Waals surface area contributed by atoms with E-state index in [-0.39, 0.29) is 36.8 Å². The lowest BCUT2D eigenvalue weighted by atomic mass is 9.86. The van der Waals surface area contributed by atoms with Gasteiger partial charge in [-0.05, 0) is 97.6 Å². The van der Waals surface area contributed by atoms with Gasteiger partial charge in [0.2, 0.25) is 0 Å². The molecule has 2 fully saturated rings. The average Bonchev–Trinajstić information content (AvgIpc) is 3.14. The van der Waals surface area contributed by atoms with E-state index in [4.69, 9.17) is 18.8 Å². The minimum Gasteiger partial charge on any atom is -0.454 e. The Bertz CT molecular complexity index is 1410. The van der Waals surface area contributed by atoms with Crippen molar-refractivity contribution in [1.29, 1.82) is 0 Å². The molecule has 0 saturated carbocycles. The fourth-order valence-corrected chi connectivity index (χ4v) is 5.20. The summed E-state index contributed by atoms with van der Waals surface area (Å²) >= 11 is 0. The summed E-state index contributed by atoms with van der Waals surface area (Å²) in [7, 11) is -1.43. The molecule has 2 aromatic rings. The number of hydrogen-bond donors (Lipinski definition) is 1. The molecule has 4 rings (SSSR count). The van der Waals surface area contributed by atoms with Gasteiger partial charge in [-0.15, -0.1) is 0 Å². The Morgan fingerprint density at radius 1 is 1.07 bits per heavy atom. The van der Waals surface area contributed by atoms with E-state index in [1.54, 1.807) is 48.5 Å². The van der Waals surface area contributed by atoms with E-state index in [1.807, 2.05) is 0 Å². The van der Waals surface area contributed by atoms with Crippen molar-refractivity contribution in [3.63, 3.8) is 0 Å². The van der Waals surface area contributed by atoms with E-state index in [2.05, 4.69) is 5.32 Å². The number of halogens is 5. The van der Waals surface area contributed by atoms with Crippen molar-refractivity contribution in [2.45, 2.75) is 84.3 Å². The summed E-state index contributed by atoms with van der Waals surface area (Å²) in [5.41, 5.74) is -4.97. The lowest BCUT2D eigenvalue weighted by Gasteiger charge is -2.37. The Balaban J connectivity index is 1.76. The van der Waals surface area contributed by atoms with Crippen LogP contribution in [0.2, 0.25) is 0 Å². The van der Waals surface area contributed by atoms with Crippen LogP contribution in [0.1, 0.15) is 72.4 Å². The first kappa shape index (κ1) is 34.6. The first-order valence-corrected chi connectivity index (χ1v) is 14.9. The zero-order valence-electron chi connectivity index (χ0n) is 26.6. The van der Waals surface area contributed by atoms with Gasteiger partial charge in [-0.2, -0.15) is 13.2 Å². The van der Waals surface area contributed by atoms with Crippen LogP contribution in [-0.2, 0) is 20.2 Å². The molecular formula is C32H40BF5N2O5. The number of alkyl halides is 3. The zero-order valence-corrected chi connectivity index (χ0v) is 26.6. The van der Waals surface area contributed by atoms with E-state index in [0.717, 1.165) is 18.2 Å². The highest BCUT2D eigenvalue weighted by molar-refractivity contribution is 6.54. The zero-order chi connectivity index (χ0) is 33.4. The van der Waals surface area contributed by atoms with Crippen molar-refractivity contribution in [1.82, 2.24) is 5.32 Å². The maximum absolute atomic E-state index is 15.7. The summed E-state index contributed by atoms with van der Waals surface area (Å²) < 4.78 is 97.5. The molecule has 13 heteroatoms. The van der Waals surface area contributed by atoms with Crippen molar-refractivity contribution in [3.05, 3.63) is 59.1 Å². The second-order valence-corrected chi connectivity index (χ2v) is 13.4. The SMILES string of the molecule is CC(C)(C)OC(=O)NC[C@@H]1CCCN(c2c(/C=C(\F)B3OC(C)(C)C(C)(C)O3)ccc(Oc3ccccc3F)c2C(F)(F)F)C1. The summed E-state index contributed by atoms with van der Waals surface area (Å²) in [6.07, 6.45) is -3.50. The first-order valence-electron chi connectivity index (χ1n) is 14.9. The maximum atomic E-state index is 15.7. The third-order valence-corrected chi connectivity index (χ3v) is 8.05. The van der Waals surface area contributed by atoms with Crippen LogP contribution in [-0.4, -0.2) is 49.6 Å². The number of ether oxygens (including phenoxy) is 2. The smallest absolute Gasteiger partial charge is 0.454 e. The molecule has 0 bridgehead atoms. The molecule has 1 N–H and O–H groups in total. The van der Waals surface area contributed by atoms with Gasteiger partial charge in [0.15, 0.2) is 11.6 Å². The highest BCUT2D eigenvalue weighted by Gasteiger charge is 2.53. The lowest BCUT2D eigenvalue weighted by Crippen LogP contribution is -2.43. The average molecular weight is 638 g/mol. The lowest BCUT2D eigenvalue weighted by molar-refractivity contribution is -0.138. The van der Waals surface area contributed by atoms with Gasteiger partial charge in [-0.25, -0.2) is 13.6 Å². The number of carbonyl (C=O) groups is 1. The molecule has 2 heterocycles. The Labute approximate surface area is 261 Å². The van der Waals surface area contributed by atoms with Crippen LogP contribution in [0, 0.1) is 11.7 Å². The van der Waals surface area contributed by atoms with E-state index in [1.165, 1.54) is 29.2 Å². The summed E-state index contributed by atoms with van der Waals surface area (Å²) in [5, 5.41) is 2.69. The van der Waals surface area contributed by atoms with E-state index in [9.17, 15) is 22.4 Å². The molecule has 1 amide bonds. The predicted molar refractivity (Wildman–Crippen MR) is 162 cm³/mol. The van der Waals surface area contributed by atoms with Gasteiger partial charge in [0, 0.05) is 25.2 Å². The Morgan fingerprint density at radius 3 is 2.31 bits per heavy atom. The Kier molecular flexibility index (Phi) is 9.85. The molecule has 2 aromatic carbocycles. The molecule has 0 spiro atoms. The monoisotopic (exact) mass is 638 g/mol. The number of hydrogen-bond acceptors (Lipinski definition) is 6. The molecule has 7 nitrogen and oxygen atoms in total. The van der Waals surface area contributed by atoms with Crippen LogP contribution in [0.3, 0.4) is 0 Å². The third-order valence-electron chi connectivity index (χ3n) is 8.05. The number of nitrogens with one attached hydrogen (secondary N) is 1. The normalized spacial score (nSPS) is 20.3. The van der Waals surface area contributed by atoms with Gasteiger partial charge < -0.3 is 29.0 Å². The molecule has 0 aromatic heterocycles. The van der Waals surface area contributed by atoms with Crippen LogP contribution < -0.4 is 15.0 Å².